The summed E-state index contributed by atoms with van der Waals surface area (Å²) in [4.78, 5) is 44.7. The number of rotatable bonds is 7. The molecule has 0 bridgehead atoms. The summed E-state index contributed by atoms with van der Waals surface area (Å²) in [6.07, 6.45) is 3.12. The fourth-order valence-corrected chi connectivity index (χ4v) is 8.45. The Morgan fingerprint density at radius 3 is 2.40 bits per heavy atom. The van der Waals surface area contributed by atoms with Crippen molar-refractivity contribution < 1.29 is 32.5 Å². The first-order valence-corrected chi connectivity index (χ1v) is 16.5. The molecule has 3 saturated heterocycles. The third-order valence-electron chi connectivity index (χ3n) is 9.23. The summed E-state index contributed by atoms with van der Waals surface area (Å²) in [6.45, 7) is 5.44. The third-order valence-corrected chi connectivity index (χ3v) is 10.7. The number of anilines is 1. The molecule has 0 radical (unpaired) electrons. The van der Waals surface area contributed by atoms with Gasteiger partial charge < -0.3 is 20.1 Å². The van der Waals surface area contributed by atoms with Crippen LogP contribution in [0.15, 0.2) is 54.6 Å². The first-order valence-electron chi connectivity index (χ1n) is 15.1. The van der Waals surface area contributed by atoms with Crippen molar-refractivity contribution in [1.29, 1.82) is 0 Å². The van der Waals surface area contributed by atoms with Gasteiger partial charge in [-0.15, -0.1) is 0 Å². The Morgan fingerprint density at radius 1 is 1.02 bits per heavy atom. The first-order chi connectivity index (χ1) is 20.5. The van der Waals surface area contributed by atoms with Gasteiger partial charge in [0.05, 0.1) is 11.5 Å². The molecule has 1 atom stereocenters. The average Bonchev–Trinajstić information content (AvgIpc) is 3.18. The lowest BCUT2D eigenvalue weighted by molar-refractivity contribution is -0.322. The molecule has 3 fully saturated rings. The number of fused-ring (bicyclic) bond motifs is 1. The van der Waals surface area contributed by atoms with Crippen molar-refractivity contribution in [3.8, 4) is 0 Å². The minimum Gasteiger partial charge on any atom is -0.353 e. The van der Waals surface area contributed by atoms with Crippen LogP contribution in [-0.4, -0.2) is 65.3 Å². The minimum atomic E-state index is -4.14. The van der Waals surface area contributed by atoms with Crippen molar-refractivity contribution in [3.63, 3.8) is 0 Å². The lowest BCUT2D eigenvalue weighted by Gasteiger charge is -2.54. The molecule has 6 rings (SSSR count). The van der Waals surface area contributed by atoms with Crippen LogP contribution in [0.2, 0.25) is 0 Å². The number of phosphoric acid groups is 1. The number of primary amides is 1. The quantitative estimate of drug-likeness (QED) is 0.447. The second kappa shape index (κ2) is 11.4. The van der Waals surface area contributed by atoms with Crippen LogP contribution in [0.4, 0.5) is 10.5 Å². The predicted molar refractivity (Wildman–Crippen MR) is 159 cm³/mol. The van der Waals surface area contributed by atoms with Crippen molar-refractivity contribution in [2.24, 2.45) is 5.73 Å². The van der Waals surface area contributed by atoms with E-state index in [-0.39, 0.29) is 17.9 Å². The molecule has 0 saturated carbocycles. The number of benzene rings is 2. The monoisotopic (exact) mass is 610 g/mol. The maximum Gasteiger partial charge on any atom is 0.540 e. The van der Waals surface area contributed by atoms with Gasteiger partial charge in [0.2, 0.25) is 11.8 Å². The van der Waals surface area contributed by atoms with E-state index in [9.17, 15) is 18.9 Å². The fraction of sp³-hybridized carbons (Fsp3) is 0.516. The number of para-hydroxylation sites is 1. The van der Waals surface area contributed by atoms with E-state index in [1.807, 2.05) is 83.1 Å². The van der Waals surface area contributed by atoms with E-state index in [0.717, 1.165) is 29.7 Å². The molecule has 11 nitrogen and oxygen atoms in total. The van der Waals surface area contributed by atoms with Crippen molar-refractivity contribution in [2.45, 2.75) is 82.2 Å². The molecule has 0 unspecified atom stereocenters. The van der Waals surface area contributed by atoms with Crippen LogP contribution < -0.4 is 10.6 Å². The number of nitrogens with zero attached hydrogens (tertiary/aromatic N) is 3. The minimum absolute atomic E-state index is 0.00120. The molecule has 1 spiro atoms. The number of amides is 3. The van der Waals surface area contributed by atoms with Crippen LogP contribution in [0.3, 0.4) is 0 Å². The molecule has 4 aliphatic heterocycles. The Balaban J connectivity index is 1.20. The largest absolute Gasteiger partial charge is 0.540 e. The van der Waals surface area contributed by atoms with Crippen molar-refractivity contribution in [1.82, 2.24) is 9.80 Å². The van der Waals surface area contributed by atoms with Gasteiger partial charge in [-0.1, -0.05) is 48.5 Å². The Bertz CT molecular complexity index is 1430. The molecule has 0 aromatic heterocycles. The summed E-state index contributed by atoms with van der Waals surface area (Å²) in [5.41, 5.74) is 7.57. The number of hydrogen-bond donors (Lipinski definition) is 1. The highest BCUT2D eigenvalue weighted by Gasteiger charge is 2.64. The number of piperidine rings is 2. The number of hydrogen-bond acceptors (Lipinski definition) is 8. The third kappa shape index (κ3) is 5.48. The van der Waals surface area contributed by atoms with Gasteiger partial charge in [-0.05, 0) is 69.6 Å². The summed E-state index contributed by atoms with van der Waals surface area (Å²) >= 11 is 0. The highest BCUT2D eigenvalue weighted by Crippen LogP contribution is 2.68. The van der Waals surface area contributed by atoms with Gasteiger partial charge in [0.15, 0.2) is 0 Å². The van der Waals surface area contributed by atoms with Crippen LogP contribution >= 0.6 is 7.82 Å². The van der Waals surface area contributed by atoms with Crippen molar-refractivity contribution in [3.05, 3.63) is 65.7 Å². The lowest BCUT2D eigenvalue weighted by Crippen LogP contribution is -2.66. The van der Waals surface area contributed by atoms with Crippen molar-refractivity contribution in [2.75, 3.05) is 24.5 Å². The Labute approximate surface area is 251 Å². The van der Waals surface area contributed by atoms with Gasteiger partial charge >= 0.3 is 13.9 Å². The molecule has 4 aliphatic rings. The van der Waals surface area contributed by atoms with E-state index in [1.165, 1.54) is 0 Å². The van der Waals surface area contributed by atoms with Crippen LogP contribution in [0.1, 0.15) is 63.5 Å². The van der Waals surface area contributed by atoms with Gasteiger partial charge in [0.25, 0.3) is 5.91 Å². The van der Waals surface area contributed by atoms with E-state index in [4.69, 9.17) is 14.8 Å². The molecule has 4 heterocycles. The molecular formula is C31H39N4O7P. The summed E-state index contributed by atoms with van der Waals surface area (Å²) in [5, 5.41) is 0. The smallest absolute Gasteiger partial charge is 0.353 e. The zero-order valence-corrected chi connectivity index (χ0v) is 25.5. The van der Waals surface area contributed by atoms with E-state index in [0.29, 0.717) is 51.7 Å². The first kappa shape index (κ1) is 29.8. The van der Waals surface area contributed by atoms with Crippen LogP contribution in [0.25, 0.3) is 0 Å². The maximum absolute atomic E-state index is 14.3. The number of likely N-dealkylation sites (tertiary alicyclic amines) is 2. The Hall–Kier alpha value is -3.24. The summed E-state index contributed by atoms with van der Waals surface area (Å²) in [5.74, 6) is -1.39. The SMILES string of the molecule is CC1(C)C(=O)N(C2CCN(C(=O)[C@H](CCc3ccccc3)N3CCCCC34OP(=O)(OC(N)=O)O4)CC2)c2ccccc21. The molecule has 3 amide bonds. The number of carbonyl (C=O) groups is 3. The van der Waals surface area contributed by atoms with Gasteiger partial charge in [0.1, 0.15) is 0 Å². The van der Waals surface area contributed by atoms with Gasteiger partial charge in [-0.25, -0.2) is 23.3 Å². The van der Waals surface area contributed by atoms with E-state index in [1.54, 1.807) is 0 Å². The highest BCUT2D eigenvalue weighted by atomic mass is 31.2. The number of aryl methyl sites for hydroxylation is 1. The van der Waals surface area contributed by atoms with Crippen LogP contribution in [-0.2, 0) is 39.6 Å². The van der Waals surface area contributed by atoms with E-state index >= 15 is 0 Å². The predicted octanol–water partition coefficient (Wildman–Crippen LogP) is 4.69. The molecule has 230 valence electrons. The molecule has 2 aromatic carbocycles. The molecule has 0 aliphatic carbocycles. The molecule has 2 aromatic rings. The Kier molecular flexibility index (Phi) is 7.87. The lowest BCUT2D eigenvalue weighted by atomic mass is 9.86. The number of nitrogens with two attached hydrogens (primary N) is 1. The molecule has 12 heteroatoms. The van der Waals surface area contributed by atoms with Crippen LogP contribution in [0, 0.1) is 0 Å². The standard InChI is InChI=1S/C31H39N4O7P/c1-30(2)24-12-6-7-13-25(24)35(28(30)37)23-16-20-33(21-17-23)27(36)26(15-14-22-10-4-3-5-11-22)34-19-9-8-18-31(34)41-43(39,42-31)40-29(32)38/h3-7,10-13,23,26H,8-9,14-21H2,1-2H3,(H2,32,38)/t26-,31?,43?/m0/s1. The molecule has 2 N–H and O–H groups in total. The molecule has 43 heavy (non-hydrogen) atoms. The zero-order valence-electron chi connectivity index (χ0n) is 24.6. The second-order valence-electron chi connectivity index (χ2n) is 12.3. The van der Waals surface area contributed by atoms with Gasteiger partial charge in [-0.3, -0.25) is 9.59 Å². The zero-order chi connectivity index (χ0) is 30.4. The summed E-state index contributed by atoms with van der Waals surface area (Å²) in [6, 6.07) is 17.3. The highest BCUT2D eigenvalue weighted by molar-refractivity contribution is 7.50. The maximum atomic E-state index is 14.3. The van der Waals surface area contributed by atoms with Gasteiger partial charge in [-0.2, -0.15) is 0 Å². The topological polar surface area (TPSA) is 132 Å². The normalized spacial score (nSPS) is 27.9. The van der Waals surface area contributed by atoms with Crippen molar-refractivity contribution >= 4 is 31.4 Å². The molecular weight excluding hydrogens is 571 g/mol. The van der Waals surface area contributed by atoms with E-state index < -0.39 is 31.3 Å². The number of carbonyl (C=O) groups excluding carboxylic acids is 3. The van der Waals surface area contributed by atoms with Gasteiger partial charge in [0, 0.05) is 37.8 Å². The Morgan fingerprint density at radius 2 is 1.70 bits per heavy atom. The van der Waals surface area contributed by atoms with Crippen LogP contribution in [0.5, 0.6) is 0 Å². The number of phosphoric ester groups is 1. The summed E-state index contributed by atoms with van der Waals surface area (Å²) in [7, 11) is -4.14. The second-order valence-corrected chi connectivity index (χ2v) is 13.8. The summed E-state index contributed by atoms with van der Waals surface area (Å²) < 4.78 is 28.9. The fourth-order valence-electron chi connectivity index (χ4n) is 7.05. The average molecular weight is 611 g/mol. The van der Waals surface area contributed by atoms with E-state index in [2.05, 4.69) is 4.52 Å².